The van der Waals surface area contributed by atoms with Crippen LogP contribution in [0.2, 0.25) is 0 Å². The van der Waals surface area contributed by atoms with Crippen LogP contribution in [0.4, 0.5) is 10.8 Å². The first-order chi connectivity index (χ1) is 10.6. The van der Waals surface area contributed by atoms with Gasteiger partial charge in [-0.1, -0.05) is 23.5 Å². The van der Waals surface area contributed by atoms with Crippen molar-refractivity contribution in [3.63, 3.8) is 0 Å². The normalized spacial score (nSPS) is 19.3. The first-order valence-electron chi connectivity index (χ1n) is 7.42. The van der Waals surface area contributed by atoms with Gasteiger partial charge in [0.15, 0.2) is 3.95 Å². The largest absolute Gasteiger partial charge is 0.392 e. The SMILES string of the molecule is Cc1cccc(Nc2nn(CN3CCC[C@H](O)C3)c(=S)s2)c1. The maximum absolute atomic E-state index is 9.75. The Morgan fingerprint density at radius 3 is 3.14 bits per heavy atom. The summed E-state index contributed by atoms with van der Waals surface area (Å²) in [5, 5.41) is 18.4. The summed E-state index contributed by atoms with van der Waals surface area (Å²) in [5.74, 6) is 0. The topological polar surface area (TPSA) is 53.3 Å². The number of β-amino-alcohol motifs (C(OH)–C–C–N with tert-alkyl or cyclic N) is 1. The number of aryl methyl sites for hydroxylation is 1. The first kappa shape index (κ1) is 15.6. The molecule has 0 aliphatic carbocycles. The fourth-order valence-electron chi connectivity index (χ4n) is 2.64. The molecule has 0 unspecified atom stereocenters. The van der Waals surface area contributed by atoms with Crippen LogP contribution in [0.1, 0.15) is 18.4 Å². The fourth-order valence-corrected chi connectivity index (χ4v) is 3.65. The van der Waals surface area contributed by atoms with Crippen molar-refractivity contribution in [2.24, 2.45) is 0 Å². The number of anilines is 2. The number of hydrogen-bond donors (Lipinski definition) is 2. The predicted molar refractivity (Wildman–Crippen MR) is 92.2 cm³/mol. The van der Waals surface area contributed by atoms with Gasteiger partial charge in [0.05, 0.1) is 12.8 Å². The summed E-state index contributed by atoms with van der Waals surface area (Å²) in [6.45, 7) is 4.38. The number of nitrogens with zero attached hydrogens (tertiary/aromatic N) is 3. The average molecular weight is 336 g/mol. The van der Waals surface area contributed by atoms with Crippen LogP contribution >= 0.6 is 23.6 Å². The first-order valence-corrected chi connectivity index (χ1v) is 8.65. The molecule has 0 bridgehead atoms. The van der Waals surface area contributed by atoms with E-state index in [9.17, 15) is 5.11 Å². The highest BCUT2D eigenvalue weighted by molar-refractivity contribution is 7.73. The molecule has 1 aliphatic rings. The Kier molecular flexibility index (Phi) is 4.87. The van der Waals surface area contributed by atoms with Gasteiger partial charge in [-0.05, 0) is 49.7 Å². The highest BCUT2D eigenvalue weighted by Gasteiger charge is 2.18. The molecule has 22 heavy (non-hydrogen) atoms. The third kappa shape index (κ3) is 3.92. The number of benzene rings is 1. The molecule has 1 fully saturated rings. The van der Waals surface area contributed by atoms with Gasteiger partial charge < -0.3 is 10.4 Å². The summed E-state index contributed by atoms with van der Waals surface area (Å²) in [6.07, 6.45) is 1.68. The summed E-state index contributed by atoms with van der Waals surface area (Å²) in [6, 6.07) is 8.18. The van der Waals surface area contributed by atoms with Crippen molar-refractivity contribution in [3.05, 3.63) is 33.8 Å². The second-order valence-corrected chi connectivity index (χ2v) is 7.30. The van der Waals surface area contributed by atoms with Gasteiger partial charge in [-0.15, -0.1) is 5.10 Å². The van der Waals surface area contributed by atoms with Gasteiger partial charge in [0.2, 0.25) is 5.13 Å². The number of aliphatic hydroxyl groups is 1. The van der Waals surface area contributed by atoms with Crippen molar-refractivity contribution in [2.45, 2.75) is 32.5 Å². The molecule has 1 atom stereocenters. The molecule has 2 heterocycles. The standard InChI is InChI=1S/C15H20N4OS2/c1-11-4-2-5-12(8-11)16-14-17-19(15(21)22-14)10-18-7-3-6-13(20)9-18/h2,4-5,8,13,20H,3,6-7,9-10H2,1H3,(H,16,17)/t13-/m0/s1. The zero-order valence-corrected chi connectivity index (χ0v) is 14.2. The van der Waals surface area contributed by atoms with E-state index in [2.05, 4.69) is 34.4 Å². The molecule has 2 N–H and O–H groups in total. The van der Waals surface area contributed by atoms with E-state index >= 15 is 0 Å². The predicted octanol–water partition coefficient (Wildman–Crippen LogP) is 3.14. The van der Waals surface area contributed by atoms with Gasteiger partial charge in [-0.3, -0.25) is 4.90 Å². The minimum atomic E-state index is -0.230. The zero-order valence-electron chi connectivity index (χ0n) is 12.5. The summed E-state index contributed by atoms with van der Waals surface area (Å²) >= 11 is 6.87. The van der Waals surface area contributed by atoms with E-state index in [1.54, 1.807) is 0 Å². The Bertz CT molecular complexity index is 697. The van der Waals surface area contributed by atoms with Crippen LogP contribution in [0.3, 0.4) is 0 Å². The van der Waals surface area contributed by atoms with Crippen LogP contribution in [-0.4, -0.2) is 39.0 Å². The molecule has 1 aromatic heterocycles. The number of likely N-dealkylation sites (tertiary alicyclic amines) is 1. The van der Waals surface area contributed by atoms with Crippen LogP contribution in [0.25, 0.3) is 0 Å². The van der Waals surface area contributed by atoms with E-state index in [0.717, 1.165) is 34.2 Å². The van der Waals surface area contributed by atoms with Crippen LogP contribution in [0.15, 0.2) is 24.3 Å². The number of rotatable bonds is 4. The Hall–Kier alpha value is -1.28. The highest BCUT2D eigenvalue weighted by atomic mass is 32.1. The van der Waals surface area contributed by atoms with E-state index in [0.29, 0.717) is 13.2 Å². The van der Waals surface area contributed by atoms with Crippen molar-refractivity contribution in [1.29, 1.82) is 0 Å². The number of nitrogens with one attached hydrogen (secondary N) is 1. The lowest BCUT2D eigenvalue weighted by molar-refractivity contribution is 0.0516. The van der Waals surface area contributed by atoms with Crippen LogP contribution < -0.4 is 5.32 Å². The minimum absolute atomic E-state index is 0.230. The van der Waals surface area contributed by atoms with Gasteiger partial charge >= 0.3 is 0 Å². The Balaban J connectivity index is 1.69. The molecule has 0 spiro atoms. The molecule has 1 aliphatic heterocycles. The number of piperidine rings is 1. The van der Waals surface area contributed by atoms with Crippen molar-refractivity contribution < 1.29 is 5.11 Å². The lowest BCUT2D eigenvalue weighted by atomic mass is 10.1. The molecule has 1 saturated heterocycles. The summed E-state index contributed by atoms with van der Waals surface area (Å²) in [4.78, 5) is 2.19. The van der Waals surface area contributed by atoms with Crippen molar-refractivity contribution in [3.8, 4) is 0 Å². The van der Waals surface area contributed by atoms with Gasteiger partial charge in [-0.2, -0.15) is 0 Å². The third-order valence-electron chi connectivity index (χ3n) is 3.69. The van der Waals surface area contributed by atoms with Crippen molar-refractivity contribution >= 4 is 34.4 Å². The lowest BCUT2D eigenvalue weighted by Crippen LogP contribution is -2.39. The molecule has 0 saturated carbocycles. The van der Waals surface area contributed by atoms with Gasteiger partial charge in [0, 0.05) is 18.8 Å². The number of aliphatic hydroxyl groups excluding tert-OH is 1. The fraction of sp³-hybridized carbons (Fsp3) is 0.467. The maximum atomic E-state index is 9.75. The van der Waals surface area contributed by atoms with E-state index in [-0.39, 0.29) is 6.10 Å². The van der Waals surface area contributed by atoms with E-state index in [4.69, 9.17) is 12.2 Å². The van der Waals surface area contributed by atoms with Crippen LogP contribution in [0, 0.1) is 10.9 Å². The van der Waals surface area contributed by atoms with Crippen LogP contribution in [-0.2, 0) is 6.67 Å². The van der Waals surface area contributed by atoms with Gasteiger partial charge in [0.25, 0.3) is 0 Å². The van der Waals surface area contributed by atoms with Crippen LogP contribution in [0.5, 0.6) is 0 Å². The van der Waals surface area contributed by atoms with E-state index in [1.807, 2.05) is 16.8 Å². The summed E-state index contributed by atoms with van der Waals surface area (Å²) in [7, 11) is 0. The summed E-state index contributed by atoms with van der Waals surface area (Å²) < 4.78 is 2.58. The monoisotopic (exact) mass is 336 g/mol. The number of hydrogen-bond acceptors (Lipinski definition) is 6. The third-order valence-corrected chi connectivity index (χ3v) is 4.91. The Labute approximate surface area is 139 Å². The van der Waals surface area contributed by atoms with Crippen molar-refractivity contribution in [2.75, 3.05) is 18.4 Å². The molecule has 0 amide bonds. The smallest absolute Gasteiger partial charge is 0.209 e. The average Bonchev–Trinajstić information content (AvgIpc) is 2.79. The molecule has 7 heteroatoms. The molecular formula is C15H20N4OS2. The molecule has 0 radical (unpaired) electrons. The van der Waals surface area contributed by atoms with Gasteiger partial charge in [0.1, 0.15) is 0 Å². The Morgan fingerprint density at radius 2 is 2.36 bits per heavy atom. The second-order valence-electron chi connectivity index (χ2n) is 5.68. The lowest BCUT2D eigenvalue weighted by Gasteiger charge is -2.29. The molecule has 3 rings (SSSR count). The number of aromatic nitrogens is 2. The van der Waals surface area contributed by atoms with E-state index in [1.165, 1.54) is 16.9 Å². The molecule has 1 aromatic carbocycles. The van der Waals surface area contributed by atoms with E-state index < -0.39 is 0 Å². The van der Waals surface area contributed by atoms with Gasteiger partial charge in [-0.25, -0.2) is 4.68 Å². The molecule has 118 valence electrons. The second kappa shape index (κ2) is 6.87. The van der Waals surface area contributed by atoms with Crippen molar-refractivity contribution in [1.82, 2.24) is 14.7 Å². The Morgan fingerprint density at radius 1 is 1.50 bits per heavy atom. The zero-order chi connectivity index (χ0) is 15.5. The minimum Gasteiger partial charge on any atom is -0.392 e. The molecular weight excluding hydrogens is 316 g/mol. The molecule has 2 aromatic rings. The molecule has 5 nitrogen and oxygen atoms in total. The maximum Gasteiger partial charge on any atom is 0.209 e. The summed E-state index contributed by atoms with van der Waals surface area (Å²) in [5.41, 5.74) is 2.22. The highest BCUT2D eigenvalue weighted by Crippen LogP contribution is 2.21. The quantitative estimate of drug-likeness (QED) is 0.840.